The van der Waals surface area contributed by atoms with Gasteiger partial charge in [0.2, 0.25) is 5.91 Å². The van der Waals surface area contributed by atoms with Crippen LogP contribution in [0.5, 0.6) is 0 Å². The second kappa shape index (κ2) is 6.21. The molecule has 0 bridgehead atoms. The number of hydrogen-bond donors (Lipinski definition) is 1. The van der Waals surface area contributed by atoms with Crippen molar-refractivity contribution in [3.8, 4) is 0 Å². The molecule has 1 amide bonds. The molecule has 1 N–H and O–H groups in total. The molecule has 1 aliphatic rings. The van der Waals surface area contributed by atoms with Gasteiger partial charge in [-0.05, 0) is 26.7 Å². The Morgan fingerprint density at radius 1 is 1.56 bits per heavy atom. The maximum atomic E-state index is 11.8. The Balaban J connectivity index is 2.39. The molecule has 0 aromatic heterocycles. The van der Waals surface area contributed by atoms with Crippen molar-refractivity contribution in [2.75, 3.05) is 19.7 Å². The van der Waals surface area contributed by atoms with Crippen LogP contribution in [0.25, 0.3) is 0 Å². The molecule has 0 saturated carbocycles. The molecule has 4 nitrogen and oxygen atoms in total. The molecular formula is C12H23NO3. The van der Waals surface area contributed by atoms with E-state index in [1.54, 1.807) is 0 Å². The van der Waals surface area contributed by atoms with Crippen LogP contribution in [0.3, 0.4) is 0 Å². The smallest absolute Gasteiger partial charge is 0.248 e. The number of amides is 1. The zero-order valence-electron chi connectivity index (χ0n) is 10.5. The molecule has 0 aromatic rings. The number of piperidine rings is 1. The van der Waals surface area contributed by atoms with Crippen molar-refractivity contribution in [2.24, 2.45) is 5.92 Å². The maximum Gasteiger partial charge on any atom is 0.248 e. The van der Waals surface area contributed by atoms with Gasteiger partial charge >= 0.3 is 0 Å². The molecule has 2 unspecified atom stereocenters. The largest absolute Gasteiger partial charge is 0.393 e. The molecule has 16 heavy (non-hydrogen) atoms. The van der Waals surface area contributed by atoms with Gasteiger partial charge in [0.05, 0.1) is 12.2 Å². The Labute approximate surface area is 97.6 Å². The number of aliphatic hydroxyl groups excluding tert-OH is 1. The van der Waals surface area contributed by atoms with E-state index in [9.17, 15) is 9.90 Å². The molecule has 0 radical (unpaired) electrons. The minimum absolute atomic E-state index is 0.0408. The van der Waals surface area contributed by atoms with E-state index in [0.29, 0.717) is 19.5 Å². The number of ether oxygens (including phenoxy) is 1. The lowest BCUT2D eigenvalue weighted by Gasteiger charge is -2.35. The third-order valence-electron chi connectivity index (χ3n) is 3.11. The van der Waals surface area contributed by atoms with Gasteiger partial charge in [-0.3, -0.25) is 4.79 Å². The van der Waals surface area contributed by atoms with E-state index in [1.165, 1.54) is 0 Å². The van der Waals surface area contributed by atoms with Crippen LogP contribution in [0.15, 0.2) is 0 Å². The van der Waals surface area contributed by atoms with E-state index >= 15 is 0 Å². The lowest BCUT2D eigenvalue weighted by molar-refractivity contribution is -0.141. The van der Waals surface area contributed by atoms with Crippen LogP contribution in [0, 0.1) is 5.92 Å². The van der Waals surface area contributed by atoms with E-state index in [0.717, 1.165) is 6.42 Å². The summed E-state index contributed by atoms with van der Waals surface area (Å²) in [5, 5.41) is 9.72. The fourth-order valence-corrected chi connectivity index (χ4v) is 1.98. The van der Waals surface area contributed by atoms with Crippen molar-refractivity contribution in [3.63, 3.8) is 0 Å². The number of carbonyl (C=O) groups excluding carboxylic acids is 1. The molecular weight excluding hydrogens is 206 g/mol. The average Bonchev–Trinajstić information content (AvgIpc) is 2.26. The summed E-state index contributed by atoms with van der Waals surface area (Å²) < 4.78 is 5.30. The van der Waals surface area contributed by atoms with E-state index in [4.69, 9.17) is 4.74 Å². The van der Waals surface area contributed by atoms with Crippen molar-refractivity contribution in [1.82, 2.24) is 4.90 Å². The van der Waals surface area contributed by atoms with Gasteiger partial charge in [0.15, 0.2) is 0 Å². The fraction of sp³-hybridized carbons (Fsp3) is 0.917. The summed E-state index contributed by atoms with van der Waals surface area (Å²) in [6.45, 7) is 7.36. The number of likely N-dealkylation sites (tertiary alicyclic amines) is 1. The molecule has 1 rings (SSSR count). The summed E-state index contributed by atoms with van der Waals surface area (Å²) in [6.07, 6.45) is 1.43. The fourth-order valence-electron chi connectivity index (χ4n) is 1.98. The predicted molar refractivity (Wildman–Crippen MR) is 62.1 cm³/mol. The highest BCUT2D eigenvalue weighted by atomic mass is 16.5. The predicted octanol–water partition coefficient (Wildman–Crippen LogP) is 1.03. The first kappa shape index (κ1) is 13.5. The first-order valence-corrected chi connectivity index (χ1v) is 6.12. The Hall–Kier alpha value is -0.610. The molecule has 2 atom stereocenters. The average molecular weight is 229 g/mol. The number of nitrogens with zero attached hydrogens (tertiary/aromatic N) is 1. The summed E-state index contributed by atoms with van der Waals surface area (Å²) in [4.78, 5) is 13.6. The molecule has 1 heterocycles. The van der Waals surface area contributed by atoms with Gasteiger partial charge in [-0.1, -0.05) is 6.92 Å². The normalized spacial score (nSPS) is 26.2. The number of carbonyl (C=O) groups is 1. The zero-order chi connectivity index (χ0) is 12.1. The molecule has 1 saturated heterocycles. The molecule has 0 aliphatic carbocycles. The van der Waals surface area contributed by atoms with Crippen LogP contribution in [0.1, 0.15) is 33.6 Å². The standard InChI is InChI=1S/C12H23NO3/c1-4-10-7-13(6-5-11(10)14)12(15)8-16-9(2)3/h9-11,14H,4-8H2,1-3H3. The van der Waals surface area contributed by atoms with Gasteiger partial charge in [-0.2, -0.15) is 0 Å². The number of hydrogen-bond acceptors (Lipinski definition) is 3. The van der Waals surface area contributed by atoms with Crippen molar-refractivity contribution in [3.05, 3.63) is 0 Å². The molecule has 0 aromatic carbocycles. The van der Waals surface area contributed by atoms with Crippen LogP contribution >= 0.6 is 0 Å². The van der Waals surface area contributed by atoms with Gasteiger partial charge in [0, 0.05) is 19.0 Å². The molecule has 1 aliphatic heterocycles. The first-order valence-electron chi connectivity index (χ1n) is 6.12. The quantitative estimate of drug-likeness (QED) is 0.783. The molecule has 4 heteroatoms. The van der Waals surface area contributed by atoms with E-state index in [1.807, 2.05) is 25.7 Å². The molecule has 94 valence electrons. The summed E-state index contributed by atoms with van der Waals surface area (Å²) in [7, 11) is 0. The third-order valence-corrected chi connectivity index (χ3v) is 3.11. The SMILES string of the molecule is CCC1CN(C(=O)COC(C)C)CCC1O. The van der Waals surface area contributed by atoms with Crippen LogP contribution in [-0.4, -0.2) is 47.8 Å². The lowest BCUT2D eigenvalue weighted by Crippen LogP contribution is -2.47. The minimum Gasteiger partial charge on any atom is -0.393 e. The van der Waals surface area contributed by atoms with Crippen LogP contribution < -0.4 is 0 Å². The summed E-state index contributed by atoms with van der Waals surface area (Å²) in [6, 6.07) is 0. The molecule has 0 spiro atoms. The van der Waals surface area contributed by atoms with Crippen molar-refractivity contribution in [2.45, 2.75) is 45.8 Å². The second-order valence-electron chi connectivity index (χ2n) is 4.72. The topological polar surface area (TPSA) is 49.8 Å². The van der Waals surface area contributed by atoms with Gasteiger partial charge < -0.3 is 14.7 Å². The highest BCUT2D eigenvalue weighted by Gasteiger charge is 2.28. The van der Waals surface area contributed by atoms with E-state index in [2.05, 4.69) is 0 Å². The Kier molecular flexibility index (Phi) is 5.22. The van der Waals surface area contributed by atoms with Crippen LogP contribution in [0.4, 0.5) is 0 Å². The highest BCUT2D eigenvalue weighted by Crippen LogP contribution is 2.20. The zero-order valence-corrected chi connectivity index (χ0v) is 10.5. The van der Waals surface area contributed by atoms with Gasteiger partial charge in [0.25, 0.3) is 0 Å². The number of aliphatic hydroxyl groups is 1. The Bertz CT molecular complexity index is 230. The monoisotopic (exact) mass is 229 g/mol. The molecule has 1 fully saturated rings. The Morgan fingerprint density at radius 2 is 2.25 bits per heavy atom. The summed E-state index contributed by atoms with van der Waals surface area (Å²) in [5.41, 5.74) is 0. The maximum absolute atomic E-state index is 11.8. The van der Waals surface area contributed by atoms with Crippen molar-refractivity contribution in [1.29, 1.82) is 0 Å². The third kappa shape index (κ3) is 3.76. The summed E-state index contributed by atoms with van der Waals surface area (Å²) in [5.74, 6) is 0.260. The van der Waals surface area contributed by atoms with Crippen LogP contribution in [0.2, 0.25) is 0 Å². The van der Waals surface area contributed by atoms with Gasteiger partial charge in [0.1, 0.15) is 6.61 Å². The minimum atomic E-state index is -0.250. The van der Waals surface area contributed by atoms with Crippen LogP contribution in [-0.2, 0) is 9.53 Å². The van der Waals surface area contributed by atoms with E-state index in [-0.39, 0.29) is 30.6 Å². The highest BCUT2D eigenvalue weighted by molar-refractivity contribution is 5.77. The van der Waals surface area contributed by atoms with Crippen molar-refractivity contribution >= 4 is 5.91 Å². The second-order valence-corrected chi connectivity index (χ2v) is 4.72. The lowest BCUT2D eigenvalue weighted by atomic mass is 9.92. The first-order chi connectivity index (χ1) is 7.54. The van der Waals surface area contributed by atoms with Gasteiger partial charge in [-0.25, -0.2) is 0 Å². The van der Waals surface area contributed by atoms with Crippen molar-refractivity contribution < 1.29 is 14.6 Å². The summed E-state index contributed by atoms with van der Waals surface area (Å²) >= 11 is 0. The van der Waals surface area contributed by atoms with E-state index < -0.39 is 0 Å². The van der Waals surface area contributed by atoms with Gasteiger partial charge in [-0.15, -0.1) is 0 Å². The Morgan fingerprint density at radius 3 is 2.81 bits per heavy atom. The number of rotatable bonds is 4.